The van der Waals surface area contributed by atoms with E-state index in [0.29, 0.717) is 23.4 Å². The summed E-state index contributed by atoms with van der Waals surface area (Å²) >= 11 is 5.93. The third-order valence-corrected chi connectivity index (χ3v) is 6.62. The number of nitrogens with zero attached hydrogens (tertiary/aromatic N) is 3. The van der Waals surface area contributed by atoms with Crippen LogP contribution in [-0.2, 0) is 10.0 Å². The SMILES string of the molecule is CCOc1cnc2ccc(-c3cnc(OC)c(NS(=O)(=O)c4ccc(F)cc4Cl)c3)cn2c1=O. The normalized spacial score (nSPS) is 11.4. The fraction of sp³-hybridized carbons (Fsp3) is 0.136. The summed E-state index contributed by atoms with van der Waals surface area (Å²) in [5.74, 6) is -0.558. The molecule has 1 aromatic carbocycles. The molecule has 0 spiro atoms. The molecule has 3 aromatic heterocycles. The Morgan fingerprint density at radius 1 is 1.12 bits per heavy atom. The Hall–Kier alpha value is -3.70. The third-order valence-electron chi connectivity index (χ3n) is 4.78. The van der Waals surface area contributed by atoms with Crippen LogP contribution in [-0.4, -0.2) is 36.5 Å². The molecule has 0 bridgehead atoms. The van der Waals surface area contributed by atoms with Gasteiger partial charge in [0.15, 0.2) is 0 Å². The lowest BCUT2D eigenvalue weighted by Gasteiger charge is -2.14. The van der Waals surface area contributed by atoms with Gasteiger partial charge in [0.1, 0.15) is 22.0 Å². The molecule has 0 atom stereocenters. The first kappa shape index (κ1) is 23.5. The zero-order valence-electron chi connectivity index (χ0n) is 18.0. The minimum atomic E-state index is -4.20. The van der Waals surface area contributed by atoms with Crippen LogP contribution >= 0.6 is 11.6 Å². The van der Waals surface area contributed by atoms with Crippen molar-refractivity contribution in [1.29, 1.82) is 0 Å². The second kappa shape index (κ2) is 9.27. The first-order valence-electron chi connectivity index (χ1n) is 9.90. The minimum Gasteiger partial charge on any atom is -0.487 e. The number of benzene rings is 1. The van der Waals surface area contributed by atoms with E-state index in [0.717, 1.165) is 18.2 Å². The van der Waals surface area contributed by atoms with Crippen LogP contribution in [0.5, 0.6) is 11.6 Å². The third kappa shape index (κ3) is 4.52. The van der Waals surface area contributed by atoms with Gasteiger partial charge in [0, 0.05) is 23.5 Å². The van der Waals surface area contributed by atoms with Crippen molar-refractivity contribution in [3.63, 3.8) is 0 Å². The van der Waals surface area contributed by atoms with Gasteiger partial charge in [-0.05, 0) is 43.3 Å². The van der Waals surface area contributed by atoms with Gasteiger partial charge in [-0.1, -0.05) is 11.6 Å². The van der Waals surface area contributed by atoms with Crippen molar-refractivity contribution in [2.24, 2.45) is 0 Å². The maximum absolute atomic E-state index is 13.4. The van der Waals surface area contributed by atoms with Crippen molar-refractivity contribution >= 4 is 33.0 Å². The lowest BCUT2D eigenvalue weighted by Crippen LogP contribution is -2.17. The molecule has 0 saturated carbocycles. The van der Waals surface area contributed by atoms with Crippen molar-refractivity contribution in [1.82, 2.24) is 14.4 Å². The van der Waals surface area contributed by atoms with E-state index in [1.54, 1.807) is 25.3 Å². The van der Waals surface area contributed by atoms with Gasteiger partial charge in [0.05, 0.1) is 24.9 Å². The highest BCUT2D eigenvalue weighted by Gasteiger charge is 2.21. The predicted octanol–water partition coefficient (Wildman–Crippen LogP) is 3.76. The second-order valence-electron chi connectivity index (χ2n) is 6.97. The van der Waals surface area contributed by atoms with Gasteiger partial charge in [0.2, 0.25) is 11.6 Å². The average Bonchev–Trinajstić information content (AvgIpc) is 2.80. The number of aromatic nitrogens is 3. The molecule has 0 aliphatic heterocycles. The molecular weight excluding hydrogens is 487 g/mol. The summed E-state index contributed by atoms with van der Waals surface area (Å²) in [5, 5.41) is -0.276. The monoisotopic (exact) mass is 504 g/mol. The maximum atomic E-state index is 13.4. The van der Waals surface area contributed by atoms with Crippen LogP contribution in [0, 0.1) is 5.82 Å². The Kier molecular flexibility index (Phi) is 6.40. The highest BCUT2D eigenvalue weighted by Crippen LogP contribution is 2.31. The maximum Gasteiger partial charge on any atom is 0.300 e. The molecule has 9 nitrogen and oxygen atoms in total. The molecule has 4 rings (SSSR count). The van der Waals surface area contributed by atoms with Gasteiger partial charge < -0.3 is 9.47 Å². The largest absolute Gasteiger partial charge is 0.487 e. The number of ether oxygens (including phenoxy) is 2. The standard InChI is InChI=1S/C22H18ClFN4O5S/c1-3-33-18-11-25-20-7-4-13(12-28(20)22(18)29)14-8-17(21(32-2)26-10-14)27-34(30,31)19-6-5-15(24)9-16(19)23/h4-12,27H,3H2,1-2H3. The van der Waals surface area contributed by atoms with E-state index in [2.05, 4.69) is 14.7 Å². The van der Waals surface area contributed by atoms with E-state index in [9.17, 15) is 17.6 Å². The zero-order chi connectivity index (χ0) is 24.5. The molecule has 34 heavy (non-hydrogen) atoms. The van der Waals surface area contributed by atoms with Gasteiger partial charge in [-0.25, -0.2) is 22.8 Å². The molecule has 0 unspecified atom stereocenters. The highest BCUT2D eigenvalue weighted by atomic mass is 35.5. The van der Waals surface area contributed by atoms with Crippen LogP contribution in [0.4, 0.5) is 10.1 Å². The molecule has 0 fully saturated rings. The molecule has 0 aliphatic carbocycles. The van der Waals surface area contributed by atoms with Crippen molar-refractivity contribution in [2.75, 3.05) is 18.4 Å². The van der Waals surface area contributed by atoms with Crippen molar-refractivity contribution in [2.45, 2.75) is 11.8 Å². The molecule has 12 heteroatoms. The molecule has 0 amide bonds. The van der Waals surface area contributed by atoms with Gasteiger partial charge >= 0.3 is 0 Å². The molecule has 0 saturated heterocycles. The number of nitrogens with one attached hydrogen (secondary N) is 1. The number of halogens is 2. The first-order valence-corrected chi connectivity index (χ1v) is 11.8. The Balaban J connectivity index is 1.77. The number of fused-ring (bicyclic) bond motifs is 1. The minimum absolute atomic E-state index is 0.00353. The van der Waals surface area contributed by atoms with Crippen LogP contribution < -0.4 is 19.8 Å². The van der Waals surface area contributed by atoms with Crippen LogP contribution in [0.25, 0.3) is 16.8 Å². The molecule has 0 radical (unpaired) electrons. The van der Waals surface area contributed by atoms with Crippen LogP contribution in [0.1, 0.15) is 6.92 Å². The summed E-state index contributed by atoms with van der Waals surface area (Å²) in [7, 11) is -2.86. The number of methoxy groups -OCH3 is 1. The average molecular weight is 505 g/mol. The molecule has 4 aromatic rings. The molecule has 0 aliphatic rings. The van der Waals surface area contributed by atoms with Gasteiger partial charge in [-0.2, -0.15) is 0 Å². The lowest BCUT2D eigenvalue weighted by molar-refractivity contribution is 0.333. The molecule has 176 valence electrons. The van der Waals surface area contributed by atoms with Crippen molar-refractivity contribution in [3.8, 4) is 22.8 Å². The van der Waals surface area contributed by atoms with E-state index in [4.69, 9.17) is 21.1 Å². The Morgan fingerprint density at radius 2 is 1.91 bits per heavy atom. The summed E-state index contributed by atoms with van der Waals surface area (Å²) in [4.78, 5) is 20.8. The van der Waals surface area contributed by atoms with E-state index in [-0.39, 0.29) is 32.8 Å². The van der Waals surface area contributed by atoms with Crippen molar-refractivity contribution < 1.29 is 22.3 Å². The quantitative estimate of drug-likeness (QED) is 0.408. The van der Waals surface area contributed by atoms with Crippen molar-refractivity contribution in [3.05, 3.63) is 76.2 Å². The molecule has 3 heterocycles. The van der Waals surface area contributed by atoms with E-state index in [1.807, 2.05) is 0 Å². The van der Waals surface area contributed by atoms with E-state index in [1.165, 1.54) is 30.0 Å². The fourth-order valence-corrected chi connectivity index (χ4v) is 4.80. The first-order chi connectivity index (χ1) is 16.2. The van der Waals surface area contributed by atoms with E-state index >= 15 is 0 Å². The fourth-order valence-electron chi connectivity index (χ4n) is 3.22. The van der Waals surface area contributed by atoms with Crippen LogP contribution in [0.2, 0.25) is 5.02 Å². The van der Waals surface area contributed by atoms with E-state index < -0.39 is 15.8 Å². The highest BCUT2D eigenvalue weighted by molar-refractivity contribution is 7.92. The second-order valence-corrected chi connectivity index (χ2v) is 9.03. The summed E-state index contributed by atoms with van der Waals surface area (Å²) in [6.45, 7) is 2.07. The zero-order valence-corrected chi connectivity index (χ0v) is 19.5. The Morgan fingerprint density at radius 3 is 2.62 bits per heavy atom. The summed E-state index contributed by atoms with van der Waals surface area (Å²) in [5.41, 5.74) is 1.08. The topological polar surface area (TPSA) is 112 Å². The van der Waals surface area contributed by atoms with Gasteiger partial charge in [-0.15, -0.1) is 0 Å². The Labute approximate surface area is 198 Å². The summed E-state index contributed by atoms with van der Waals surface area (Å²) in [6, 6.07) is 7.79. The Bertz CT molecular complexity index is 1560. The van der Waals surface area contributed by atoms with Crippen LogP contribution in [0.3, 0.4) is 0 Å². The summed E-state index contributed by atoms with van der Waals surface area (Å²) < 4.78 is 53.4. The number of rotatable bonds is 7. The number of sulfonamides is 1. The molecule has 1 N–H and O–H groups in total. The number of hydrogen-bond acceptors (Lipinski definition) is 7. The number of hydrogen-bond donors (Lipinski definition) is 1. The number of pyridine rings is 2. The smallest absolute Gasteiger partial charge is 0.300 e. The molecular formula is C22H18ClFN4O5S. The predicted molar refractivity (Wildman–Crippen MR) is 125 cm³/mol. The summed E-state index contributed by atoms with van der Waals surface area (Å²) in [6.07, 6.45) is 4.38. The number of anilines is 1. The van der Waals surface area contributed by atoms with Gasteiger partial charge in [-0.3, -0.25) is 13.9 Å². The van der Waals surface area contributed by atoms with Gasteiger partial charge in [0.25, 0.3) is 15.6 Å². The van der Waals surface area contributed by atoms with Crippen LogP contribution in [0.15, 0.2) is 64.7 Å². The lowest BCUT2D eigenvalue weighted by atomic mass is 10.1.